The highest BCUT2D eigenvalue weighted by atomic mass is 32.1. The number of hydrogen-bond acceptors (Lipinski definition) is 8. The maximum atomic E-state index is 12.9. The summed E-state index contributed by atoms with van der Waals surface area (Å²) in [6, 6.07) is 9.19. The van der Waals surface area contributed by atoms with Crippen LogP contribution in [0.3, 0.4) is 0 Å². The van der Waals surface area contributed by atoms with Gasteiger partial charge in [-0.25, -0.2) is 9.97 Å². The Morgan fingerprint density at radius 3 is 2.64 bits per heavy atom. The molecular formula is C28H29N3O4S. The van der Waals surface area contributed by atoms with Crippen LogP contribution in [0.5, 0.6) is 5.75 Å². The lowest BCUT2D eigenvalue weighted by atomic mass is 9.81. The van der Waals surface area contributed by atoms with Gasteiger partial charge in [0.25, 0.3) is 0 Å². The van der Waals surface area contributed by atoms with Gasteiger partial charge in [-0.2, -0.15) is 0 Å². The zero-order valence-electron chi connectivity index (χ0n) is 20.1. The van der Waals surface area contributed by atoms with E-state index in [0.29, 0.717) is 31.9 Å². The summed E-state index contributed by atoms with van der Waals surface area (Å²) in [4.78, 5) is 37.8. The van der Waals surface area contributed by atoms with E-state index in [-0.39, 0.29) is 29.2 Å². The summed E-state index contributed by atoms with van der Waals surface area (Å²) < 4.78 is 6.62. The van der Waals surface area contributed by atoms with Crippen molar-refractivity contribution >= 4 is 44.5 Å². The van der Waals surface area contributed by atoms with E-state index in [2.05, 4.69) is 17.0 Å². The zero-order valence-corrected chi connectivity index (χ0v) is 20.9. The van der Waals surface area contributed by atoms with Crippen molar-refractivity contribution in [2.24, 2.45) is 11.8 Å². The maximum absolute atomic E-state index is 12.9. The number of anilines is 1. The van der Waals surface area contributed by atoms with Gasteiger partial charge in [0.15, 0.2) is 11.6 Å². The molecule has 186 valence electrons. The third-order valence-corrected chi connectivity index (χ3v) is 8.74. The van der Waals surface area contributed by atoms with Crippen LogP contribution in [-0.4, -0.2) is 52.9 Å². The van der Waals surface area contributed by atoms with Gasteiger partial charge in [0.1, 0.15) is 17.3 Å². The number of carbonyl (C=O) groups excluding carboxylic acids is 2. The van der Waals surface area contributed by atoms with Gasteiger partial charge in [0.2, 0.25) is 0 Å². The van der Waals surface area contributed by atoms with Crippen molar-refractivity contribution in [2.45, 2.75) is 38.5 Å². The van der Waals surface area contributed by atoms with E-state index in [9.17, 15) is 14.7 Å². The van der Waals surface area contributed by atoms with Gasteiger partial charge in [-0.15, -0.1) is 11.3 Å². The van der Waals surface area contributed by atoms with Crippen molar-refractivity contribution in [3.63, 3.8) is 0 Å². The van der Waals surface area contributed by atoms with E-state index < -0.39 is 0 Å². The number of aromatic nitrogens is 2. The molecule has 1 aliphatic heterocycles. The number of phenols is 1. The minimum Gasteiger partial charge on any atom is -0.508 e. The molecule has 0 spiro atoms. The minimum atomic E-state index is -0.0658. The number of allylic oxidation sites excluding steroid dienone is 2. The molecule has 2 fully saturated rings. The Kier molecular flexibility index (Phi) is 6.31. The lowest BCUT2D eigenvalue weighted by Crippen LogP contribution is -2.36. The van der Waals surface area contributed by atoms with Crippen LogP contribution in [-0.2, 0) is 14.3 Å². The fourth-order valence-electron chi connectivity index (χ4n) is 5.54. The van der Waals surface area contributed by atoms with Crippen molar-refractivity contribution in [3.05, 3.63) is 41.3 Å². The molecule has 2 aromatic heterocycles. The summed E-state index contributed by atoms with van der Waals surface area (Å²) in [6.45, 7) is 2.88. The topological polar surface area (TPSA) is 92.6 Å². The highest BCUT2D eigenvalue weighted by Gasteiger charge is 2.33. The molecule has 3 heterocycles. The molecular weight excluding hydrogens is 474 g/mol. The summed E-state index contributed by atoms with van der Waals surface area (Å²) in [5.41, 5.74) is 2.94. The number of morpholine rings is 1. The second-order valence-electron chi connectivity index (χ2n) is 9.93. The van der Waals surface area contributed by atoms with E-state index in [1.807, 2.05) is 6.07 Å². The Bertz CT molecular complexity index is 1360. The molecule has 1 saturated heterocycles. The smallest absolute Gasteiger partial charge is 0.162 e. The van der Waals surface area contributed by atoms with Gasteiger partial charge in [-0.1, -0.05) is 18.2 Å². The van der Waals surface area contributed by atoms with E-state index in [1.54, 1.807) is 29.5 Å². The second-order valence-corrected chi connectivity index (χ2v) is 11.0. The summed E-state index contributed by atoms with van der Waals surface area (Å²) in [5, 5.41) is 9.99. The highest BCUT2D eigenvalue weighted by molar-refractivity contribution is 7.20. The minimum absolute atomic E-state index is 0.0279. The van der Waals surface area contributed by atoms with Gasteiger partial charge < -0.3 is 14.7 Å². The lowest BCUT2D eigenvalue weighted by molar-refractivity contribution is -0.128. The van der Waals surface area contributed by atoms with Crippen LogP contribution >= 0.6 is 11.3 Å². The van der Waals surface area contributed by atoms with Crippen LogP contribution in [0, 0.1) is 11.8 Å². The number of ether oxygens (including phenoxy) is 1. The monoisotopic (exact) mass is 503 g/mol. The molecule has 6 rings (SSSR count). The van der Waals surface area contributed by atoms with Crippen LogP contribution in [0.1, 0.15) is 43.4 Å². The highest BCUT2D eigenvalue weighted by Crippen LogP contribution is 2.41. The van der Waals surface area contributed by atoms with Crippen LogP contribution in [0.25, 0.3) is 27.2 Å². The average molecular weight is 504 g/mol. The van der Waals surface area contributed by atoms with Crippen LogP contribution in [0.2, 0.25) is 0 Å². The first kappa shape index (κ1) is 23.3. The number of rotatable bonds is 5. The molecule has 2 aliphatic carbocycles. The number of nitrogens with zero attached hydrogens (tertiary/aromatic N) is 3. The Morgan fingerprint density at radius 1 is 1.08 bits per heavy atom. The SMILES string of the molecule is O=C1CC[C@@H](C(=O)C2CC=C(c3cc4nc(-c5cccc(O)c5)nc(N5CCOCC5)c4s3)CC2)C1. The maximum Gasteiger partial charge on any atom is 0.162 e. The summed E-state index contributed by atoms with van der Waals surface area (Å²) in [7, 11) is 0. The summed E-state index contributed by atoms with van der Waals surface area (Å²) >= 11 is 1.71. The van der Waals surface area contributed by atoms with Gasteiger partial charge >= 0.3 is 0 Å². The van der Waals surface area contributed by atoms with Gasteiger partial charge in [0.05, 0.1) is 23.4 Å². The predicted molar refractivity (Wildman–Crippen MR) is 140 cm³/mol. The van der Waals surface area contributed by atoms with Crippen molar-refractivity contribution in [1.82, 2.24) is 9.97 Å². The number of thiophene rings is 1. The zero-order chi connectivity index (χ0) is 24.6. The molecule has 0 radical (unpaired) electrons. The molecule has 8 heteroatoms. The molecule has 1 unspecified atom stereocenters. The Morgan fingerprint density at radius 2 is 1.92 bits per heavy atom. The molecule has 0 bridgehead atoms. The third-order valence-electron chi connectivity index (χ3n) is 7.55. The fourth-order valence-corrected chi connectivity index (χ4v) is 6.73. The molecule has 7 nitrogen and oxygen atoms in total. The van der Waals surface area contributed by atoms with Crippen LogP contribution < -0.4 is 4.90 Å². The molecule has 3 aliphatic rings. The van der Waals surface area contributed by atoms with Crippen molar-refractivity contribution in [2.75, 3.05) is 31.2 Å². The first-order valence-electron chi connectivity index (χ1n) is 12.7. The first-order valence-corrected chi connectivity index (χ1v) is 13.6. The molecule has 3 aromatic rings. The summed E-state index contributed by atoms with van der Waals surface area (Å²) in [5.74, 6) is 2.17. The number of carbonyl (C=O) groups is 2. The first-order chi connectivity index (χ1) is 17.5. The lowest BCUT2D eigenvalue weighted by Gasteiger charge is -2.28. The summed E-state index contributed by atoms with van der Waals surface area (Å²) in [6.07, 6.45) is 6.36. The molecule has 1 saturated carbocycles. The molecule has 2 atom stereocenters. The fraction of sp³-hybridized carbons (Fsp3) is 0.429. The number of hydrogen-bond donors (Lipinski definition) is 1. The number of Topliss-reactive ketones (excluding diaryl/α,β-unsaturated/α-hetero) is 2. The second kappa shape index (κ2) is 9.75. The van der Waals surface area contributed by atoms with E-state index in [1.165, 1.54) is 10.5 Å². The molecule has 0 amide bonds. The van der Waals surface area contributed by atoms with Crippen LogP contribution in [0.15, 0.2) is 36.4 Å². The number of benzene rings is 1. The van der Waals surface area contributed by atoms with Crippen molar-refractivity contribution in [1.29, 1.82) is 0 Å². The average Bonchev–Trinajstić information content (AvgIpc) is 3.55. The van der Waals surface area contributed by atoms with Crippen LogP contribution in [0.4, 0.5) is 5.82 Å². The molecule has 36 heavy (non-hydrogen) atoms. The number of phenolic OH excluding ortho intramolecular Hbond substituents is 1. The van der Waals surface area contributed by atoms with Crippen molar-refractivity contribution < 1.29 is 19.4 Å². The Hall–Kier alpha value is -3.10. The Balaban J connectivity index is 1.32. The number of fused-ring (bicyclic) bond motifs is 1. The van der Waals surface area contributed by atoms with Crippen molar-refractivity contribution in [3.8, 4) is 17.1 Å². The number of ketones is 2. The quantitative estimate of drug-likeness (QED) is 0.522. The molecule has 1 aromatic carbocycles. The van der Waals surface area contributed by atoms with Gasteiger partial charge in [0, 0.05) is 48.2 Å². The van der Waals surface area contributed by atoms with E-state index in [0.717, 1.165) is 60.4 Å². The predicted octanol–water partition coefficient (Wildman–Crippen LogP) is 5.02. The largest absolute Gasteiger partial charge is 0.508 e. The Labute approximate surface area is 213 Å². The molecule has 1 N–H and O–H groups in total. The van der Waals surface area contributed by atoms with Gasteiger partial charge in [-0.05, 0) is 49.5 Å². The third kappa shape index (κ3) is 4.55. The number of aromatic hydroxyl groups is 1. The standard InChI is InChI=1S/C28H29N3O4S/c32-21-3-1-2-20(15-21)27-29-23-16-24(36-26(23)28(30-27)31-10-12-35-13-11-31)17-4-6-18(7-5-17)25(34)19-8-9-22(33)14-19/h1-4,15-16,18-19,32H,5-14H2/t18?,19-/m1/s1. The van der Waals surface area contributed by atoms with E-state index in [4.69, 9.17) is 14.7 Å². The normalized spacial score (nSPS) is 22.7. The van der Waals surface area contributed by atoms with Gasteiger partial charge in [-0.3, -0.25) is 9.59 Å². The van der Waals surface area contributed by atoms with E-state index >= 15 is 0 Å².